The number of benzene rings is 1. The topological polar surface area (TPSA) is 67.8 Å². The van der Waals surface area contributed by atoms with Crippen LogP contribution in [-0.2, 0) is 16.0 Å². The Bertz CT molecular complexity index is 614. The summed E-state index contributed by atoms with van der Waals surface area (Å²) in [5.41, 5.74) is 1.75. The fourth-order valence-corrected chi connectivity index (χ4v) is 2.00. The van der Waals surface area contributed by atoms with Crippen LogP contribution in [0, 0.1) is 0 Å². The third-order valence-electron chi connectivity index (χ3n) is 3.16. The van der Waals surface area contributed by atoms with E-state index in [2.05, 4.69) is 11.9 Å². The molecule has 24 heavy (non-hydrogen) atoms. The number of ether oxygens (including phenoxy) is 2. The summed E-state index contributed by atoms with van der Waals surface area (Å²) in [6, 6.07) is 7.49. The smallest absolute Gasteiger partial charge is 0.407 e. The Labute approximate surface area is 144 Å². The van der Waals surface area contributed by atoms with Crippen LogP contribution < -0.4 is 5.32 Å². The number of allylic oxidation sites excluding steroid dienone is 1. The van der Waals surface area contributed by atoms with E-state index < -0.39 is 11.7 Å². The molecule has 1 rings (SSSR count). The van der Waals surface area contributed by atoms with Crippen molar-refractivity contribution >= 4 is 11.7 Å². The largest absolute Gasteiger partial charge is 0.508 e. The Kier molecular flexibility index (Phi) is 7.04. The highest BCUT2D eigenvalue weighted by atomic mass is 16.6. The van der Waals surface area contributed by atoms with Gasteiger partial charge in [-0.25, -0.2) is 4.79 Å². The van der Waals surface area contributed by atoms with E-state index in [1.807, 2.05) is 52.0 Å². The van der Waals surface area contributed by atoms with E-state index >= 15 is 0 Å². The Hall–Kier alpha value is -2.27. The third kappa shape index (κ3) is 6.87. The number of aliphatic hydroxyl groups excluding tert-OH is 1. The highest BCUT2D eigenvalue weighted by molar-refractivity contribution is 5.77. The minimum atomic E-state index is -0.535. The highest BCUT2D eigenvalue weighted by Gasteiger charge is 2.16. The molecule has 0 aromatic heterocycles. The molecule has 1 aromatic carbocycles. The number of alkyl carbamates (subject to hydrolysis) is 1. The molecule has 0 saturated heterocycles. The molecule has 0 bridgehead atoms. The molecule has 0 aliphatic rings. The average Bonchev–Trinajstić information content (AvgIpc) is 2.48. The number of nitrogens with one attached hydrogen (secondary N) is 1. The van der Waals surface area contributed by atoms with Crippen molar-refractivity contribution in [3.8, 4) is 0 Å². The van der Waals surface area contributed by atoms with E-state index in [1.54, 1.807) is 13.2 Å². The molecule has 1 aromatic rings. The highest BCUT2D eigenvalue weighted by Crippen LogP contribution is 2.22. The maximum atomic E-state index is 11.7. The zero-order valence-electron chi connectivity index (χ0n) is 15.1. The molecule has 1 amide bonds. The van der Waals surface area contributed by atoms with Crippen molar-refractivity contribution in [2.75, 3.05) is 7.11 Å². The number of amides is 1. The van der Waals surface area contributed by atoms with E-state index in [-0.39, 0.29) is 11.9 Å². The molecule has 0 heterocycles. The summed E-state index contributed by atoms with van der Waals surface area (Å²) in [5.74, 6) is -0.0313. The summed E-state index contributed by atoms with van der Waals surface area (Å²) >= 11 is 0. The molecule has 0 spiro atoms. The van der Waals surface area contributed by atoms with Crippen LogP contribution >= 0.6 is 0 Å². The number of hydrogen-bond donors (Lipinski definition) is 2. The summed E-state index contributed by atoms with van der Waals surface area (Å²) in [7, 11) is 1.60. The molecule has 5 nitrogen and oxygen atoms in total. The van der Waals surface area contributed by atoms with Gasteiger partial charge in [0.25, 0.3) is 0 Å². The number of carbonyl (C=O) groups is 1. The lowest BCUT2D eigenvalue weighted by Gasteiger charge is -2.19. The summed E-state index contributed by atoms with van der Waals surface area (Å²) in [4.78, 5) is 11.7. The molecule has 0 radical (unpaired) electrons. The molecule has 2 N–H and O–H groups in total. The second-order valence-electron chi connectivity index (χ2n) is 6.52. The molecule has 0 aliphatic heterocycles. The van der Waals surface area contributed by atoms with E-state index in [9.17, 15) is 9.90 Å². The van der Waals surface area contributed by atoms with Gasteiger partial charge in [-0.05, 0) is 51.0 Å². The molecule has 0 fully saturated rings. The molecule has 0 saturated carbocycles. The number of methoxy groups -OCH3 is 1. The van der Waals surface area contributed by atoms with Crippen LogP contribution in [0.3, 0.4) is 0 Å². The monoisotopic (exact) mass is 333 g/mol. The van der Waals surface area contributed by atoms with E-state index in [0.29, 0.717) is 12.1 Å². The van der Waals surface area contributed by atoms with Gasteiger partial charge in [0.15, 0.2) is 0 Å². The van der Waals surface area contributed by atoms with E-state index in [0.717, 1.165) is 11.1 Å². The first kappa shape index (κ1) is 19.8. The van der Waals surface area contributed by atoms with Gasteiger partial charge in [0.2, 0.25) is 0 Å². The van der Waals surface area contributed by atoms with Gasteiger partial charge in [-0.1, -0.05) is 24.8 Å². The van der Waals surface area contributed by atoms with Gasteiger partial charge < -0.3 is 19.9 Å². The quantitative estimate of drug-likeness (QED) is 0.605. The molecular weight excluding hydrogens is 306 g/mol. The van der Waals surface area contributed by atoms with Crippen LogP contribution in [0.4, 0.5) is 4.79 Å². The van der Waals surface area contributed by atoms with Gasteiger partial charge in [0.05, 0.1) is 6.10 Å². The van der Waals surface area contributed by atoms with Crippen LogP contribution in [0.25, 0.3) is 5.57 Å². The zero-order chi connectivity index (χ0) is 18.3. The molecular formula is C19H27NO4. The maximum absolute atomic E-state index is 11.7. The standard InChI is InChI=1S/C19H27NO4/c1-13(23-6)10-17(14(2)21)16-9-7-8-15(11-16)12-20-18(22)24-19(3,4)5/h7-11,13,21H,2,12H2,1,3-6H3,(H,20,22)/b17-10+. The third-order valence-corrected chi connectivity index (χ3v) is 3.16. The van der Waals surface area contributed by atoms with Crippen molar-refractivity contribution in [2.45, 2.75) is 45.9 Å². The summed E-state index contributed by atoms with van der Waals surface area (Å²) in [5, 5.41) is 12.6. The van der Waals surface area contributed by atoms with Gasteiger partial charge in [-0.2, -0.15) is 0 Å². The van der Waals surface area contributed by atoms with Crippen molar-refractivity contribution in [1.82, 2.24) is 5.32 Å². The van der Waals surface area contributed by atoms with Crippen LogP contribution in [-0.4, -0.2) is 30.0 Å². The van der Waals surface area contributed by atoms with Crippen LogP contribution in [0.5, 0.6) is 0 Å². The first-order valence-corrected chi connectivity index (χ1v) is 7.81. The second-order valence-corrected chi connectivity index (χ2v) is 6.52. The van der Waals surface area contributed by atoms with E-state index in [4.69, 9.17) is 9.47 Å². The van der Waals surface area contributed by atoms with Crippen LogP contribution in [0.15, 0.2) is 42.7 Å². The number of carbonyl (C=O) groups excluding carboxylic acids is 1. The van der Waals surface area contributed by atoms with Crippen molar-refractivity contribution in [1.29, 1.82) is 0 Å². The lowest BCUT2D eigenvalue weighted by atomic mass is 10.0. The van der Waals surface area contributed by atoms with Gasteiger partial charge in [0.1, 0.15) is 11.4 Å². The van der Waals surface area contributed by atoms with Gasteiger partial charge >= 0.3 is 6.09 Å². The zero-order valence-corrected chi connectivity index (χ0v) is 15.1. The molecule has 132 valence electrons. The predicted molar refractivity (Wildman–Crippen MR) is 95.7 cm³/mol. The number of rotatable bonds is 6. The lowest BCUT2D eigenvalue weighted by Crippen LogP contribution is -2.32. The van der Waals surface area contributed by atoms with Crippen LogP contribution in [0.1, 0.15) is 38.8 Å². The summed E-state index contributed by atoms with van der Waals surface area (Å²) in [6.07, 6.45) is 1.17. The maximum Gasteiger partial charge on any atom is 0.407 e. The molecule has 0 aliphatic carbocycles. The minimum absolute atomic E-state index is 0.0313. The van der Waals surface area contributed by atoms with E-state index in [1.165, 1.54) is 0 Å². The normalized spacial score (nSPS) is 13.3. The Morgan fingerprint density at radius 3 is 2.62 bits per heavy atom. The first-order chi connectivity index (χ1) is 11.1. The lowest BCUT2D eigenvalue weighted by molar-refractivity contribution is 0.0523. The predicted octanol–water partition coefficient (Wildman–Crippen LogP) is 4.20. The number of hydrogen-bond acceptors (Lipinski definition) is 4. The Balaban J connectivity index is 2.87. The second kappa shape index (κ2) is 8.55. The SMILES string of the molecule is C=C(O)/C(=C\C(C)OC)c1cccc(CNC(=O)OC(C)(C)C)c1. The van der Waals surface area contributed by atoms with Crippen LogP contribution in [0.2, 0.25) is 0 Å². The first-order valence-electron chi connectivity index (χ1n) is 7.81. The van der Waals surface area contributed by atoms with Gasteiger partial charge in [-0.3, -0.25) is 0 Å². The minimum Gasteiger partial charge on any atom is -0.508 e. The molecule has 1 atom stereocenters. The summed E-state index contributed by atoms with van der Waals surface area (Å²) < 4.78 is 10.4. The van der Waals surface area contributed by atoms with Crippen molar-refractivity contribution in [2.24, 2.45) is 0 Å². The fraction of sp³-hybridized carbons (Fsp3) is 0.421. The van der Waals surface area contributed by atoms with Gasteiger partial charge in [-0.15, -0.1) is 0 Å². The van der Waals surface area contributed by atoms with Gasteiger partial charge in [0, 0.05) is 19.2 Å². The average molecular weight is 333 g/mol. The Morgan fingerprint density at radius 1 is 1.42 bits per heavy atom. The summed E-state index contributed by atoms with van der Waals surface area (Å²) in [6.45, 7) is 11.2. The molecule has 1 unspecified atom stereocenters. The van der Waals surface area contributed by atoms with Crippen molar-refractivity contribution < 1.29 is 19.4 Å². The van der Waals surface area contributed by atoms with Crippen molar-refractivity contribution in [3.05, 3.63) is 53.8 Å². The molecule has 5 heteroatoms. The Morgan fingerprint density at radius 2 is 2.08 bits per heavy atom. The fourth-order valence-electron chi connectivity index (χ4n) is 2.00. The number of aliphatic hydroxyl groups is 1. The van der Waals surface area contributed by atoms with Crippen molar-refractivity contribution in [3.63, 3.8) is 0 Å².